The van der Waals surface area contributed by atoms with E-state index in [9.17, 15) is 0 Å². The van der Waals surface area contributed by atoms with E-state index in [4.69, 9.17) is 0 Å². The maximum Gasteiger partial charge on any atom is 0.0218 e. The van der Waals surface area contributed by atoms with Crippen LogP contribution >= 0.6 is 0 Å². The molecule has 1 heterocycles. The van der Waals surface area contributed by atoms with Gasteiger partial charge in [0.2, 0.25) is 0 Å². The van der Waals surface area contributed by atoms with Crippen LogP contribution in [0.4, 0.5) is 0 Å². The Bertz CT molecular complexity index is 180. The van der Waals surface area contributed by atoms with Crippen LogP contribution in [0.25, 0.3) is 0 Å². The smallest absolute Gasteiger partial charge is 0.0218 e. The molecule has 0 aromatic heterocycles. The molecule has 1 aliphatic heterocycles. The fraction of sp³-hybridized carbons (Fsp3) is 1.00. The van der Waals surface area contributed by atoms with Gasteiger partial charge in [-0.15, -0.1) is 0 Å². The van der Waals surface area contributed by atoms with Gasteiger partial charge in [-0.2, -0.15) is 0 Å². The van der Waals surface area contributed by atoms with Crippen molar-refractivity contribution in [1.29, 1.82) is 0 Å². The standard InChI is InChI=1S/C14H30N2/c1-5-13-7-8-16(11-13)14(6-2)10-15-9-12(3)4/h12-15H,5-11H2,1-4H3. The highest BCUT2D eigenvalue weighted by Gasteiger charge is 2.25. The molecule has 0 spiro atoms. The van der Waals surface area contributed by atoms with E-state index in [0.29, 0.717) is 0 Å². The molecule has 96 valence electrons. The van der Waals surface area contributed by atoms with Crippen LogP contribution in [0.15, 0.2) is 0 Å². The Morgan fingerprint density at radius 2 is 2.00 bits per heavy atom. The van der Waals surface area contributed by atoms with E-state index < -0.39 is 0 Å². The van der Waals surface area contributed by atoms with Gasteiger partial charge in [0.1, 0.15) is 0 Å². The summed E-state index contributed by atoms with van der Waals surface area (Å²) in [4.78, 5) is 2.70. The zero-order valence-corrected chi connectivity index (χ0v) is 11.6. The summed E-state index contributed by atoms with van der Waals surface area (Å²) >= 11 is 0. The summed E-state index contributed by atoms with van der Waals surface area (Å²) in [6.45, 7) is 14.2. The van der Waals surface area contributed by atoms with Crippen molar-refractivity contribution in [3.05, 3.63) is 0 Å². The first kappa shape index (κ1) is 14.0. The monoisotopic (exact) mass is 226 g/mol. The highest BCUT2D eigenvalue weighted by atomic mass is 15.2. The normalized spacial score (nSPS) is 24.2. The van der Waals surface area contributed by atoms with Crippen LogP contribution in [-0.4, -0.2) is 37.1 Å². The molecule has 0 radical (unpaired) electrons. The Labute approximate surface area is 102 Å². The molecule has 1 N–H and O–H groups in total. The third-order valence-electron chi connectivity index (χ3n) is 3.81. The highest BCUT2D eigenvalue weighted by molar-refractivity contribution is 4.81. The predicted molar refractivity (Wildman–Crippen MR) is 71.8 cm³/mol. The Hall–Kier alpha value is -0.0800. The molecule has 1 rings (SSSR count). The molecule has 1 fully saturated rings. The number of likely N-dealkylation sites (tertiary alicyclic amines) is 1. The number of hydrogen-bond acceptors (Lipinski definition) is 2. The second-order valence-electron chi connectivity index (χ2n) is 5.67. The molecule has 16 heavy (non-hydrogen) atoms. The molecule has 0 aromatic rings. The lowest BCUT2D eigenvalue weighted by molar-refractivity contribution is 0.219. The molecule has 0 amide bonds. The van der Waals surface area contributed by atoms with Crippen molar-refractivity contribution in [3.63, 3.8) is 0 Å². The molecule has 0 aromatic carbocycles. The molecule has 2 nitrogen and oxygen atoms in total. The lowest BCUT2D eigenvalue weighted by atomic mass is 10.1. The van der Waals surface area contributed by atoms with E-state index in [1.54, 1.807) is 0 Å². The van der Waals surface area contributed by atoms with Crippen molar-refractivity contribution in [3.8, 4) is 0 Å². The maximum atomic E-state index is 3.60. The van der Waals surface area contributed by atoms with Gasteiger partial charge >= 0.3 is 0 Å². The summed E-state index contributed by atoms with van der Waals surface area (Å²) in [5, 5.41) is 3.60. The summed E-state index contributed by atoms with van der Waals surface area (Å²) in [6, 6.07) is 0.760. The van der Waals surface area contributed by atoms with Gasteiger partial charge in [-0.25, -0.2) is 0 Å². The summed E-state index contributed by atoms with van der Waals surface area (Å²) in [5.41, 5.74) is 0. The second kappa shape index (κ2) is 7.29. The van der Waals surface area contributed by atoms with Gasteiger partial charge < -0.3 is 5.32 Å². The zero-order valence-electron chi connectivity index (χ0n) is 11.6. The fourth-order valence-electron chi connectivity index (χ4n) is 2.60. The van der Waals surface area contributed by atoms with Crippen molar-refractivity contribution in [2.75, 3.05) is 26.2 Å². The van der Waals surface area contributed by atoms with Crippen LogP contribution < -0.4 is 5.32 Å². The minimum Gasteiger partial charge on any atom is -0.315 e. The molecule has 0 aliphatic carbocycles. The van der Waals surface area contributed by atoms with Crippen LogP contribution in [-0.2, 0) is 0 Å². The minimum absolute atomic E-state index is 0.760. The topological polar surface area (TPSA) is 15.3 Å². The Kier molecular flexibility index (Phi) is 6.37. The van der Waals surface area contributed by atoms with Crippen LogP contribution in [0.2, 0.25) is 0 Å². The lowest BCUT2D eigenvalue weighted by Gasteiger charge is -2.27. The van der Waals surface area contributed by atoms with Crippen LogP contribution in [0.3, 0.4) is 0 Å². The highest BCUT2D eigenvalue weighted by Crippen LogP contribution is 2.21. The first-order valence-electron chi connectivity index (χ1n) is 7.12. The van der Waals surface area contributed by atoms with Gasteiger partial charge in [0.25, 0.3) is 0 Å². The van der Waals surface area contributed by atoms with E-state index in [0.717, 1.165) is 24.4 Å². The summed E-state index contributed by atoms with van der Waals surface area (Å²) in [6.07, 6.45) is 4.05. The number of nitrogens with one attached hydrogen (secondary N) is 1. The summed E-state index contributed by atoms with van der Waals surface area (Å²) < 4.78 is 0. The van der Waals surface area contributed by atoms with Crippen molar-refractivity contribution < 1.29 is 0 Å². The molecular weight excluding hydrogens is 196 g/mol. The molecule has 2 heteroatoms. The zero-order chi connectivity index (χ0) is 12.0. The van der Waals surface area contributed by atoms with Crippen LogP contribution in [0, 0.1) is 11.8 Å². The van der Waals surface area contributed by atoms with E-state index in [1.165, 1.54) is 38.9 Å². The van der Waals surface area contributed by atoms with Gasteiger partial charge in [0, 0.05) is 19.1 Å². The van der Waals surface area contributed by atoms with Crippen LogP contribution in [0.1, 0.15) is 47.0 Å². The van der Waals surface area contributed by atoms with E-state index in [2.05, 4.69) is 37.9 Å². The lowest BCUT2D eigenvalue weighted by Crippen LogP contribution is -2.41. The Balaban J connectivity index is 2.25. The largest absolute Gasteiger partial charge is 0.315 e. The van der Waals surface area contributed by atoms with Gasteiger partial charge in [0.05, 0.1) is 0 Å². The van der Waals surface area contributed by atoms with E-state index >= 15 is 0 Å². The maximum absolute atomic E-state index is 3.60. The molecule has 0 bridgehead atoms. The number of hydrogen-bond donors (Lipinski definition) is 1. The average molecular weight is 226 g/mol. The summed E-state index contributed by atoms with van der Waals surface area (Å²) in [5.74, 6) is 1.72. The fourth-order valence-corrected chi connectivity index (χ4v) is 2.60. The first-order valence-corrected chi connectivity index (χ1v) is 7.12. The van der Waals surface area contributed by atoms with E-state index in [-0.39, 0.29) is 0 Å². The van der Waals surface area contributed by atoms with Crippen molar-refractivity contribution in [2.24, 2.45) is 11.8 Å². The quantitative estimate of drug-likeness (QED) is 0.718. The second-order valence-corrected chi connectivity index (χ2v) is 5.67. The van der Waals surface area contributed by atoms with Gasteiger partial charge in [-0.1, -0.05) is 34.1 Å². The van der Waals surface area contributed by atoms with Gasteiger partial charge in [-0.05, 0) is 37.8 Å². The molecule has 0 saturated carbocycles. The number of nitrogens with zero attached hydrogens (tertiary/aromatic N) is 1. The third-order valence-corrected chi connectivity index (χ3v) is 3.81. The SMILES string of the molecule is CCC1CCN(C(CC)CNCC(C)C)C1. The number of rotatable bonds is 7. The van der Waals surface area contributed by atoms with Gasteiger partial charge in [0.15, 0.2) is 0 Å². The predicted octanol–water partition coefficient (Wildman–Crippen LogP) is 2.74. The molecule has 1 aliphatic rings. The Morgan fingerprint density at radius 1 is 1.25 bits per heavy atom. The molecule has 2 atom stereocenters. The third kappa shape index (κ3) is 4.42. The average Bonchev–Trinajstić information content (AvgIpc) is 2.72. The van der Waals surface area contributed by atoms with Crippen LogP contribution in [0.5, 0.6) is 0 Å². The van der Waals surface area contributed by atoms with Gasteiger partial charge in [-0.3, -0.25) is 4.90 Å². The van der Waals surface area contributed by atoms with Crippen molar-refractivity contribution >= 4 is 0 Å². The van der Waals surface area contributed by atoms with E-state index in [1.807, 2.05) is 0 Å². The van der Waals surface area contributed by atoms with Crippen molar-refractivity contribution in [1.82, 2.24) is 10.2 Å². The summed E-state index contributed by atoms with van der Waals surface area (Å²) in [7, 11) is 0. The first-order chi connectivity index (χ1) is 7.67. The molecule has 2 unspecified atom stereocenters. The molecular formula is C14H30N2. The Morgan fingerprint density at radius 3 is 2.50 bits per heavy atom. The molecule has 1 saturated heterocycles. The minimum atomic E-state index is 0.760. The van der Waals surface area contributed by atoms with Crippen molar-refractivity contribution in [2.45, 2.75) is 53.0 Å².